The van der Waals surface area contributed by atoms with Gasteiger partial charge in [0.05, 0.1) is 5.02 Å². The van der Waals surface area contributed by atoms with E-state index in [-0.39, 0.29) is 5.78 Å². The minimum Gasteiger partial charge on any atom is -0.287 e. The molecule has 0 unspecified atom stereocenters. The molecule has 0 radical (unpaired) electrons. The van der Waals surface area contributed by atoms with Gasteiger partial charge in [0.25, 0.3) is 0 Å². The lowest BCUT2D eigenvalue weighted by Gasteiger charge is -2.06. The first kappa shape index (κ1) is 26.5. The van der Waals surface area contributed by atoms with Gasteiger partial charge in [0.2, 0.25) is 5.78 Å². The standard InChI is InChI=1S/C14H10BrClN2.C14H9BrClNO/c15-12-7-11(14(8-17)18-9-12)5-4-10-2-1-3-13(16)6-10;15-10-6-9-5-4-8-2-1-3-11(16)12(8)14(18)13(9)17-7-10/h1-3,6-7,9H,4-5H2;1-3,6-7H,4-5H2. The summed E-state index contributed by atoms with van der Waals surface area (Å²) in [6.45, 7) is 0. The van der Waals surface area contributed by atoms with Crippen LogP contribution < -0.4 is 0 Å². The molecule has 0 saturated carbocycles. The van der Waals surface area contributed by atoms with Crippen LogP contribution in [0.3, 0.4) is 0 Å². The lowest BCUT2D eigenvalue weighted by molar-refractivity contribution is 0.103. The average Bonchev–Trinajstić information content (AvgIpc) is 3.00. The summed E-state index contributed by atoms with van der Waals surface area (Å²) in [6, 6.07) is 19.4. The maximum absolute atomic E-state index is 12.5. The van der Waals surface area contributed by atoms with Crippen molar-refractivity contribution in [2.24, 2.45) is 0 Å². The van der Waals surface area contributed by atoms with Crippen molar-refractivity contribution in [2.75, 3.05) is 0 Å². The van der Waals surface area contributed by atoms with Gasteiger partial charge in [-0.05, 0) is 110 Å². The van der Waals surface area contributed by atoms with Crippen LogP contribution in [-0.2, 0) is 25.7 Å². The fourth-order valence-corrected chi connectivity index (χ4v) is 5.29. The number of benzene rings is 2. The van der Waals surface area contributed by atoms with Gasteiger partial charge in [-0.15, -0.1) is 0 Å². The van der Waals surface area contributed by atoms with Crippen LogP contribution in [0.15, 0.2) is 75.9 Å². The van der Waals surface area contributed by atoms with Crippen LogP contribution in [0.1, 0.15) is 44.0 Å². The van der Waals surface area contributed by atoms with Crippen molar-refractivity contribution in [1.29, 1.82) is 5.26 Å². The van der Waals surface area contributed by atoms with Crippen LogP contribution in [0, 0.1) is 11.3 Å². The maximum atomic E-state index is 12.5. The molecule has 0 atom stereocenters. The van der Waals surface area contributed by atoms with Crippen molar-refractivity contribution in [1.82, 2.24) is 9.97 Å². The molecule has 0 spiro atoms. The van der Waals surface area contributed by atoms with Crippen LogP contribution in [0.4, 0.5) is 0 Å². The number of ketones is 1. The Morgan fingerprint density at radius 1 is 0.889 bits per heavy atom. The summed E-state index contributed by atoms with van der Waals surface area (Å²) < 4.78 is 1.79. The minimum atomic E-state index is -0.0735. The Kier molecular flexibility index (Phi) is 8.92. The number of pyridine rings is 2. The van der Waals surface area contributed by atoms with E-state index >= 15 is 0 Å². The zero-order valence-corrected chi connectivity index (χ0v) is 23.6. The quantitative estimate of drug-likeness (QED) is 0.227. The van der Waals surface area contributed by atoms with Gasteiger partial charge in [-0.25, -0.2) is 4.98 Å². The van der Waals surface area contributed by atoms with E-state index in [1.807, 2.05) is 48.5 Å². The molecule has 0 bridgehead atoms. The number of carbonyl (C=O) groups is 1. The van der Waals surface area contributed by atoms with Gasteiger partial charge < -0.3 is 0 Å². The Labute approximate surface area is 236 Å². The van der Waals surface area contributed by atoms with Crippen LogP contribution in [0.2, 0.25) is 10.0 Å². The Bertz CT molecular complexity index is 1480. The minimum absolute atomic E-state index is 0.0735. The van der Waals surface area contributed by atoms with E-state index in [4.69, 9.17) is 28.5 Å². The highest BCUT2D eigenvalue weighted by Crippen LogP contribution is 2.29. The first-order valence-corrected chi connectivity index (χ1v) is 13.5. The SMILES string of the molecule is N#Cc1ncc(Br)cc1CCc1cccc(Cl)c1.O=C1c2ncc(Br)cc2CCc2cccc(Cl)c21. The molecule has 2 aromatic heterocycles. The van der Waals surface area contributed by atoms with Gasteiger partial charge in [0.15, 0.2) is 0 Å². The van der Waals surface area contributed by atoms with Crippen molar-refractivity contribution in [2.45, 2.75) is 25.7 Å². The third-order valence-corrected chi connectivity index (χ3v) is 7.17. The van der Waals surface area contributed by atoms with E-state index in [0.29, 0.717) is 22.0 Å². The number of hydrogen-bond donors (Lipinski definition) is 0. The predicted octanol–water partition coefficient (Wildman–Crippen LogP) is 7.98. The number of nitrogens with zero attached hydrogens (tertiary/aromatic N) is 3. The molecule has 8 heteroatoms. The van der Waals surface area contributed by atoms with Gasteiger partial charge in [-0.1, -0.05) is 47.5 Å². The van der Waals surface area contributed by atoms with E-state index in [1.165, 1.54) is 0 Å². The zero-order valence-electron chi connectivity index (χ0n) is 18.9. The number of fused-ring (bicyclic) bond motifs is 2. The Morgan fingerprint density at radius 3 is 2.39 bits per heavy atom. The second kappa shape index (κ2) is 12.1. The van der Waals surface area contributed by atoms with E-state index in [9.17, 15) is 4.79 Å². The molecular formula is C28H19Br2Cl2N3O. The molecular weight excluding hydrogens is 625 g/mol. The molecule has 0 aliphatic heterocycles. The number of halogens is 4. The summed E-state index contributed by atoms with van der Waals surface area (Å²) in [4.78, 5) is 20.8. The summed E-state index contributed by atoms with van der Waals surface area (Å²) in [5.74, 6) is -0.0735. The molecule has 1 aliphatic rings. The number of aromatic nitrogens is 2. The molecule has 0 saturated heterocycles. The molecule has 180 valence electrons. The highest BCUT2D eigenvalue weighted by molar-refractivity contribution is 9.10. The fraction of sp³-hybridized carbons (Fsp3) is 0.143. The van der Waals surface area contributed by atoms with Crippen LogP contribution in [0.5, 0.6) is 0 Å². The van der Waals surface area contributed by atoms with Crippen molar-refractivity contribution in [3.8, 4) is 6.07 Å². The number of nitriles is 1. The van der Waals surface area contributed by atoms with Gasteiger partial charge in [-0.3, -0.25) is 9.78 Å². The number of rotatable bonds is 3. The molecule has 5 rings (SSSR count). The van der Waals surface area contributed by atoms with Gasteiger partial charge >= 0.3 is 0 Å². The molecule has 0 N–H and O–H groups in total. The van der Waals surface area contributed by atoms with Crippen LogP contribution in [-0.4, -0.2) is 15.8 Å². The van der Waals surface area contributed by atoms with Crippen molar-refractivity contribution in [3.05, 3.63) is 125 Å². The van der Waals surface area contributed by atoms with Crippen molar-refractivity contribution >= 4 is 60.8 Å². The number of aryl methyl sites for hydroxylation is 4. The molecule has 2 heterocycles. The second-order valence-electron chi connectivity index (χ2n) is 8.17. The van der Waals surface area contributed by atoms with E-state index in [2.05, 4.69) is 47.9 Å². The second-order valence-corrected chi connectivity index (χ2v) is 10.8. The van der Waals surface area contributed by atoms with Gasteiger partial charge in [0.1, 0.15) is 17.5 Å². The van der Waals surface area contributed by atoms with E-state index in [0.717, 1.165) is 61.9 Å². The first-order valence-electron chi connectivity index (χ1n) is 11.1. The number of hydrogen-bond acceptors (Lipinski definition) is 4. The topological polar surface area (TPSA) is 66.6 Å². The molecule has 36 heavy (non-hydrogen) atoms. The summed E-state index contributed by atoms with van der Waals surface area (Å²) in [6.07, 6.45) is 6.52. The van der Waals surface area contributed by atoms with Crippen LogP contribution in [0.25, 0.3) is 0 Å². The van der Waals surface area contributed by atoms with E-state index < -0.39 is 0 Å². The molecule has 0 amide bonds. The summed E-state index contributed by atoms with van der Waals surface area (Å²) >= 11 is 18.8. The van der Waals surface area contributed by atoms with Gasteiger partial charge in [0, 0.05) is 31.9 Å². The lowest BCUT2D eigenvalue weighted by atomic mass is 10.0. The molecule has 4 nitrogen and oxygen atoms in total. The molecule has 1 aliphatic carbocycles. The normalized spacial score (nSPS) is 11.9. The smallest absolute Gasteiger partial charge is 0.213 e. The van der Waals surface area contributed by atoms with Crippen molar-refractivity contribution in [3.63, 3.8) is 0 Å². The monoisotopic (exact) mass is 641 g/mol. The molecule has 4 aromatic rings. The van der Waals surface area contributed by atoms with E-state index in [1.54, 1.807) is 18.5 Å². The third kappa shape index (κ3) is 6.41. The van der Waals surface area contributed by atoms with Crippen LogP contribution >= 0.6 is 55.1 Å². The maximum Gasteiger partial charge on any atom is 0.213 e. The first-order chi connectivity index (χ1) is 17.4. The summed E-state index contributed by atoms with van der Waals surface area (Å²) in [5.41, 5.74) is 5.69. The average molecular weight is 644 g/mol. The Hall–Kier alpha value is -2.56. The predicted molar refractivity (Wildman–Crippen MR) is 150 cm³/mol. The number of carbonyl (C=O) groups excluding carboxylic acids is 1. The zero-order chi connectivity index (χ0) is 25.7. The lowest BCUT2D eigenvalue weighted by Crippen LogP contribution is -2.07. The van der Waals surface area contributed by atoms with Gasteiger partial charge in [-0.2, -0.15) is 5.26 Å². The third-order valence-electron chi connectivity index (χ3n) is 5.75. The summed E-state index contributed by atoms with van der Waals surface area (Å²) in [7, 11) is 0. The highest BCUT2D eigenvalue weighted by Gasteiger charge is 2.24. The molecule has 0 fully saturated rings. The summed E-state index contributed by atoms with van der Waals surface area (Å²) in [5, 5.41) is 10.2. The Morgan fingerprint density at radius 2 is 1.61 bits per heavy atom. The Balaban J connectivity index is 0.000000169. The highest BCUT2D eigenvalue weighted by atomic mass is 79.9. The van der Waals surface area contributed by atoms with Crippen molar-refractivity contribution < 1.29 is 4.79 Å². The molecule has 2 aromatic carbocycles. The fourth-order valence-electron chi connectivity index (χ4n) is 4.04. The largest absolute Gasteiger partial charge is 0.287 e.